The third kappa shape index (κ3) is 3.06. The van der Waals surface area contributed by atoms with Gasteiger partial charge in [-0.1, -0.05) is 29.8 Å². The Morgan fingerprint density at radius 2 is 2.21 bits per heavy atom. The molecule has 1 aromatic rings. The molecule has 14 heavy (non-hydrogen) atoms. The Morgan fingerprint density at radius 3 is 2.86 bits per heavy atom. The molecule has 1 aromatic carbocycles. The van der Waals surface area contributed by atoms with Crippen LogP contribution < -0.4 is 0 Å². The van der Waals surface area contributed by atoms with Crippen molar-refractivity contribution in [2.24, 2.45) is 5.28 Å². The zero-order valence-electron chi connectivity index (χ0n) is 7.55. The molecule has 0 saturated heterocycles. The van der Waals surface area contributed by atoms with Crippen molar-refractivity contribution >= 4 is 17.7 Å². The minimum atomic E-state index is 0.309. The van der Waals surface area contributed by atoms with Gasteiger partial charge in [0.15, 0.2) is 0 Å². The van der Waals surface area contributed by atoms with Gasteiger partial charge in [0.1, 0.15) is 7.11 Å². The normalized spacial score (nSPS) is 12.0. The molecule has 1 rings (SSSR count). The van der Waals surface area contributed by atoms with Gasteiger partial charge in [-0.3, -0.25) is 0 Å². The summed E-state index contributed by atoms with van der Waals surface area (Å²) in [4.78, 5) is 4.59. The molecule has 0 unspecified atom stereocenters. The van der Waals surface area contributed by atoms with Crippen molar-refractivity contribution in [1.82, 2.24) is 0 Å². The van der Waals surface area contributed by atoms with Crippen molar-refractivity contribution in [2.45, 2.75) is 0 Å². The summed E-state index contributed by atoms with van der Waals surface area (Å²) in [6.07, 6.45) is 2.77. The Morgan fingerprint density at radius 1 is 1.50 bits per heavy atom. The van der Waals surface area contributed by atoms with Gasteiger partial charge >= 0.3 is 0 Å². The Bertz CT molecular complexity index is 364. The fourth-order valence-electron chi connectivity index (χ4n) is 0.862. The van der Waals surface area contributed by atoms with E-state index in [4.69, 9.17) is 11.6 Å². The van der Waals surface area contributed by atoms with Gasteiger partial charge in [-0.2, -0.15) is 0 Å². The third-order valence-corrected chi connectivity index (χ3v) is 1.79. The predicted octanol–water partition coefficient (Wildman–Crippen LogP) is 2.83. The average Bonchev–Trinajstić information content (AvgIpc) is 2.17. The van der Waals surface area contributed by atoms with Crippen molar-refractivity contribution in [1.29, 1.82) is 0 Å². The van der Waals surface area contributed by atoms with E-state index >= 15 is 0 Å². The van der Waals surface area contributed by atoms with Crippen LogP contribution in [-0.4, -0.2) is 12.0 Å². The summed E-state index contributed by atoms with van der Waals surface area (Å²) in [7, 11) is 1.30. The highest BCUT2D eigenvalue weighted by atomic mass is 35.5. The fourth-order valence-corrected chi connectivity index (χ4v) is 1.06. The van der Waals surface area contributed by atoms with Crippen LogP contribution in [0, 0.1) is 5.21 Å². The van der Waals surface area contributed by atoms with Crippen LogP contribution >= 0.6 is 11.6 Å². The topological polar surface area (TPSA) is 47.7 Å². The van der Waals surface area contributed by atoms with E-state index in [0.717, 1.165) is 5.56 Å². The fraction of sp³-hybridized carbons (Fsp3) is 0.111. The summed E-state index contributed by atoms with van der Waals surface area (Å²) >= 11 is 5.85. The molecule has 0 N–H and O–H groups in total. The van der Waals surface area contributed by atoms with Crippen LogP contribution in [0.3, 0.4) is 0 Å². The largest absolute Gasteiger partial charge is 0.592 e. The summed E-state index contributed by atoms with van der Waals surface area (Å²) < 4.78 is 0. The maximum absolute atomic E-state index is 10.8. The number of rotatable bonds is 3. The first-order chi connectivity index (χ1) is 6.74. The number of benzene rings is 1. The molecule has 0 aliphatic rings. The summed E-state index contributed by atoms with van der Waals surface area (Å²) in [5.41, 5.74) is 0.751. The SMILES string of the molecule is CO/N=[N+]([O-])/C=C/c1ccccc1Cl. The molecule has 0 aliphatic carbocycles. The molecule has 0 aromatic heterocycles. The van der Waals surface area contributed by atoms with Gasteiger partial charge < -0.3 is 10.0 Å². The zero-order chi connectivity index (χ0) is 10.4. The van der Waals surface area contributed by atoms with E-state index in [9.17, 15) is 5.21 Å². The minimum absolute atomic E-state index is 0.309. The molecule has 74 valence electrons. The van der Waals surface area contributed by atoms with E-state index in [-0.39, 0.29) is 0 Å². The standard InChI is InChI=1S/C9H9ClN2O2/c1-14-11-12(13)7-6-8-4-2-3-5-9(8)10/h2-7H,1H3/b7-6+,12-11-. The summed E-state index contributed by atoms with van der Waals surface area (Å²) in [6.45, 7) is 0. The highest BCUT2D eigenvalue weighted by molar-refractivity contribution is 6.32. The van der Waals surface area contributed by atoms with Crippen LogP contribution in [0.5, 0.6) is 0 Å². The van der Waals surface area contributed by atoms with Gasteiger partial charge in [0.25, 0.3) is 0 Å². The van der Waals surface area contributed by atoms with Gasteiger partial charge in [-0.25, -0.2) is 0 Å². The first-order valence-corrected chi connectivity index (χ1v) is 4.25. The van der Waals surface area contributed by atoms with E-state index in [1.807, 2.05) is 12.1 Å². The highest BCUT2D eigenvalue weighted by Crippen LogP contribution is 2.15. The van der Waals surface area contributed by atoms with E-state index in [2.05, 4.69) is 10.1 Å². The van der Waals surface area contributed by atoms with E-state index in [1.54, 1.807) is 18.2 Å². The first-order valence-electron chi connectivity index (χ1n) is 3.87. The first kappa shape index (κ1) is 10.5. The van der Waals surface area contributed by atoms with Crippen LogP contribution in [-0.2, 0) is 4.84 Å². The maximum atomic E-state index is 10.8. The number of hydrogen-bond acceptors (Lipinski definition) is 3. The maximum Gasteiger partial charge on any atom is 0.213 e. The van der Waals surface area contributed by atoms with Crippen LogP contribution in [0.4, 0.5) is 0 Å². The number of nitrogens with zero attached hydrogens (tertiary/aromatic N) is 2. The van der Waals surface area contributed by atoms with Gasteiger partial charge in [0.2, 0.25) is 11.5 Å². The molecular weight excluding hydrogens is 204 g/mol. The van der Waals surface area contributed by atoms with Crippen LogP contribution in [0.25, 0.3) is 6.08 Å². The second-order valence-electron chi connectivity index (χ2n) is 2.40. The van der Waals surface area contributed by atoms with Crippen molar-refractivity contribution in [3.8, 4) is 0 Å². The Hall–Kier alpha value is -1.55. The molecule has 0 amide bonds. The molecule has 5 heteroatoms. The van der Waals surface area contributed by atoms with E-state index in [0.29, 0.717) is 9.88 Å². The van der Waals surface area contributed by atoms with Crippen LogP contribution in [0.1, 0.15) is 5.56 Å². The number of halogens is 1. The van der Waals surface area contributed by atoms with Crippen molar-refractivity contribution in [3.63, 3.8) is 0 Å². The number of hydroxylamine groups is 1. The molecule has 0 atom stereocenters. The quantitative estimate of drug-likeness (QED) is 0.439. The van der Waals surface area contributed by atoms with Crippen molar-refractivity contribution < 1.29 is 9.70 Å². The van der Waals surface area contributed by atoms with Crippen LogP contribution in [0.15, 0.2) is 35.7 Å². The van der Waals surface area contributed by atoms with Gasteiger partial charge in [0, 0.05) is 11.1 Å². The number of hydrogen-bond donors (Lipinski definition) is 0. The highest BCUT2D eigenvalue weighted by Gasteiger charge is 1.95. The van der Waals surface area contributed by atoms with Crippen LogP contribution in [0.2, 0.25) is 5.02 Å². The van der Waals surface area contributed by atoms with E-state index in [1.165, 1.54) is 13.3 Å². The molecular formula is C9H9ClN2O2. The molecule has 0 radical (unpaired) electrons. The minimum Gasteiger partial charge on any atom is -0.592 e. The molecule has 0 saturated carbocycles. The van der Waals surface area contributed by atoms with E-state index < -0.39 is 0 Å². The van der Waals surface area contributed by atoms with Gasteiger partial charge in [-0.05, 0) is 16.5 Å². The Balaban J connectivity index is 2.79. The summed E-state index contributed by atoms with van der Waals surface area (Å²) in [5, 5.41) is 14.5. The molecule has 0 aliphatic heterocycles. The Kier molecular flexibility index (Phi) is 3.94. The lowest BCUT2D eigenvalue weighted by Crippen LogP contribution is -1.88. The van der Waals surface area contributed by atoms with Crippen molar-refractivity contribution in [3.05, 3.63) is 46.3 Å². The lowest BCUT2D eigenvalue weighted by molar-refractivity contribution is -0.490. The molecule has 0 bridgehead atoms. The van der Waals surface area contributed by atoms with Gasteiger partial charge in [0.05, 0.1) is 0 Å². The monoisotopic (exact) mass is 212 g/mol. The summed E-state index contributed by atoms with van der Waals surface area (Å²) in [6, 6.07) is 7.17. The summed E-state index contributed by atoms with van der Waals surface area (Å²) in [5.74, 6) is 0. The molecule has 0 spiro atoms. The zero-order valence-corrected chi connectivity index (χ0v) is 8.31. The second kappa shape index (κ2) is 5.24. The second-order valence-corrected chi connectivity index (χ2v) is 2.81. The predicted molar refractivity (Wildman–Crippen MR) is 53.6 cm³/mol. The lowest BCUT2D eigenvalue weighted by atomic mass is 10.2. The van der Waals surface area contributed by atoms with Gasteiger partial charge in [-0.15, -0.1) is 0 Å². The molecule has 0 heterocycles. The van der Waals surface area contributed by atoms with Crippen molar-refractivity contribution in [2.75, 3.05) is 7.11 Å². The lowest BCUT2D eigenvalue weighted by Gasteiger charge is -1.95. The smallest absolute Gasteiger partial charge is 0.213 e. The Labute approximate surface area is 86.6 Å². The molecule has 0 fully saturated rings. The molecule has 4 nitrogen and oxygen atoms in total. The average molecular weight is 213 g/mol. The third-order valence-electron chi connectivity index (χ3n) is 1.45.